The highest BCUT2D eigenvalue weighted by molar-refractivity contribution is 7.98. The van der Waals surface area contributed by atoms with Crippen LogP contribution in [0.2, 0.25) is 0 Å². The molecule has 108 valence electrons. The number of ether oxygens (including phenoxy) is 1. The van der Waals surface area contributed by atoms with E-state index in [0.717, 1.165) is 34.2 Å². The third-order valence-corrected chi connectivity index (χ3v) is 4.22. The van der Waals surface area contributed by atoms with Crippen LogP contribution in [0.5, 0.6) is 0 Å². The number of thioether (sulfide) groups is 1. The molecule has 0 amide bonds. The normalized spacial score (nSPS) is 11.1. The number of benzene rings is 1. The maximum absolute atomic E-state index is 5.21. The van der Waals surface area contributed by atoms with Crippen LogP contribution in [-0.4, -0.2) is 28.3 Å². The number of hydrogen-bond donors (Lipinski definition) is 0. The molecular weight excluding hydrogens is 282 g/mol. The monoisotopic (exact) mass is 299 g/mol. The van der Waals surface area contributed by atoms with Crippen molar-refractivity contribution in [2.75, 3.05) is 13.7 Å². The van der Waals surface area contributed by atoms with E-state index in [2.05, 4.69) is 15.6 Å². The van der Waals surface area contributed by atoms with Gasteiger partial charge in [0.25, 0.3) is 0 Å². The van der Waals surface area contributed by atoms with Gasteiger partial charge in [-0.25, -0.2) is 4.98 Å². The van der Waals surface area contributed by atoms with E-state index in [1.165, 1.54) is 0 Å². The Morgan fingerprint density at radius 1 is 1.14 bits per heavy atom. The summed E-state index contributed by atoms with van der Waals surface area (Å²) in [6.07, 6.45) is 1.82. The van der Waals surface area contributed by atoms with Crippen molar-refractivity contribution in [3.05, 3.63) is 54.4 Å². The Hall–Kier alpha value is -1.85. The van der Waals surface area contributed by atoms with Gasteiger partial charge in [0.1, 0.15) is 0 Å². The molecule has 0 N–H and O–H groups in total. The summed E-state index contributed by atoms with van der Waals surface area (Å²) >= 11 is 1.71. The second-order valence-corrected chi connectivity index (χ2v) is 5.58. The fourth-order valence-corrected chi connectivity index (χ4v) is 3.14. The number of hydrogen-bond acceptors (Lipinski definition) is 4. The molecule has 0 bridgehead atoms. The fraction of sp³-hybridized carbons (Fsp3) is 0.250. The lowest BCUT2D eigenvalue weighted by Gasteiger charge is -2.08. The summed E-state index contributed by atoms with van der Waals surface area (Å²) in [7, 11) is 1.72. The Labute approximate surface area is 128 Å². The molecule has 0 radical (unpaired) electrons. The molecule has 0 saturated heterocycles. The van der Waals surface area contributed by atoms with Crippen molar-refractivity contribution in [3.63, 3.8) is 0 Å². The van der Waals surface area contributed by atoms with Gasteiger partial charge in [-0.05, 0) is 24.3 Å². The van der Waals surface area contributed by atoms with Crippen LogP contribution in [0.4, 0.5) is 0 Å². The van der Waals surface area contributed by atoms with Crippen molar-refractivity contribution in [2.24, 2.45) is 0 Å². The van der Waals surface area contributed by atoms with Gasteiger partial charge in [0.05, 0.1) is 23.3 Å². The Bertz CT molecular complexity index is 712. The number of nitrogens with zero attached hydrogens (tertiary/aromatic N) is 3. The Kier molecular flexibility index (Phi) is 4.52. The molecule has 4 nitrogen and oxygen atoms in total. The van der Waals surface area contributed by atoms with E-state index < -0.39 is 0 Å². The lowest BCUT2D eigenvalue weighted by Crippen LogP contribution is -2.05. The molecule has 3 aromatic rings. The van der Waals surface area contributed by atoms with Gasteiger partial charge in [0.15, 0.2) is 5.16 Å². The average Bonchev–Trinajstić information content (AvgIpc) is 2.89. The van der Waals surface area contributed by atoms with Crippen molar-refractivity contribution < 1.29 is 4.74 Å². The summed E-state index contributed by atoms with van der Waals surface area (Å²) in [4.78, 5) is 9.08. The zero-order valence-electron chi connectivity index (χ0n) is 11.9. The molecule has 21 heavy (non-hydrogen) atoms. The van der Waals surface area contributed by atoms with Gasteiger partial charge < -0.3 is 9.30 Å². The minimum Gasteiger partial charge on any atom is -0.383 e. The van der Waals surface area contributed by atoms with Gasteiger partial charge in [-0.1, -0.05) is 30.0 Å². The first-order valence-corrected chi connectivity index (χ1v) is 7.84. The molecule has 0 fully saturated rings. The first-order valence-electron chi connectivity index (χ1n) is 6.85. The zero-order valence-corrected chi connectivity index (χ0v) is 12.7. The quantitative estimate of drug-likeness (QED) is 0.654. The highest BCUT2D eigenvalue weighted by atomic mass is 32.2. The molecule has 0 spiro atoms. The Morgan fingerprint density at radius 2 is 2.00 bits per heavy atom. The third-order valence-electron chi connectivity index (χ3n) is 3.21. The van der Waals surface area contributed by atoms with Gasteiger partial charge in [0.2, 0.25) is 0 Å². The van der Waals surface area contributed by atoms with Crippen LogP contribution in [0.15, 0.2) is 53.8 Å². The van der Waals surface area contributed by atoms with Crippen LogP contribution in [0.1, 0.15) is 5.69 Å². The molecule has 0 unspecified atom stereocenters. The number of aromatic nitrogens is 3. The van der Waals surface area contributed by atoms with E-state index in [0.29, 0.717) is 6.61 Å². The topological polar surface area (TPSA) is 39.9 Å². The van der Waals surface area contributed by atoms with Gasteiger partial charge in [-0.3, -0.25) is 4.98 Å². The molecular formula is C16H17N3OS. The molecule has 0 atom stereocenters. The number of rotatable bonds is 6. The summed E-state index contributed by atoms with van der Waals surface area (Å²) < 4.78 is 7.43. The number of para-hydroxylation sites is 2. The highest BCUT2D eigenvalue weighted by Crippen LogP contribution is 2.26. The molecule has 2 aromatic heterocycles. The highest BCUT2D eigenvalue weighted by Gasteiger charge is 2.11. The van der Waals surface area contributed by atoms with E-state index in [1.54, 1.807) is 18.9 Å². The number of methoxy groups -OCH3 is 1. The van der Waals surface area contributed by atoms with E-state index in [4.69, 9.17) is 9.72 Å². The molecule has 3 rings (SSSR count). The molecule has 0 aliphatic heterocycles. The van der Waals surface area contributed by atoms with E-state index in [9.17, 15) is 0 Å². The minimum atomic E-state index is 0.678. The fourth-order valence-electron chi connectivity index (χ4n) is 2.18. The van der Waals surface area contributed by atoms with Crippen LogP contribution in [0, 0.1) is 0 Å². The van der Waals surface area contributed by atoms with Crippen molar-refractivity contribution in [1.82, 2.24) is 14.5 Å². The van der Waals surface area contributed by atoms with Crippen LogP contribution in [-0.2, 0) is 17.0 Å². The number of imidazole rings is 1. The maximum Gasteiger partial charge on any atom is 0.169 e. The minimum absolute atomic E-state index is 0.678. The van der Waals surface area contributed by atoms with Crippen molar-refractivity contribution in [2.45, 2.75) is 17.5 Å². The number of pyridine rings is 1. The Morgan fingerprint density at radius 3 is 2.81 bits per heavy atom. The summed E-state index contributed by atoms with van der Waals surface area (Å²) in [5.74, 6) is 0.817. The van der Waals surface area contributed by atoms with Crippen molar-refractivity contribution in [1.29, 1.82) is 0 Å². The lowest BCUT2D eigenvalue weighted by molar-refractivity contribution is 0.186. The molecule has 1 aromatic carbocycles. The molecule has 0 aliphatic rings. The number of fused-ring (bicyclic) bond motifs is 1. The smallest absolute Gasteiger partial charge is 0.169 e. The van der Waals surface area contributed by atoms with Gasteiger partial charge in [-0.15, -0.1) is 0 Å². The second-order valence-electron chi connectivity index (χ2n) is 4.64. The van der Waals surface area contributed by atoms with Crippen molar-refractivity contribution >= 4 is 22.8 Å². The third kappa shape index (κ3) is 3.25. The molecule has 2 heterocycles. The zero-order chi connectivity index (χ0) is 14.5. The van der Waals surface area contributed by atoms with Crippen LogP contribution >= 0.6 is 11.8 Å². The van der Waals surface area contributed by atoms with E-state index in [-0.39, 0.29) is 0 Å². The van der Waals surface area contributed by atoms with Crippen LogP contribution in [0.3, 0.4) is 0 Å². The maximum atomic E-state index is 5.21. The van der Waals surface area contributed by atoms with E-state index >= 15 is 0 Å². The summed E-state index contributed by atoms with van der Waals surface area (Å²) in [6, 6.07) is 14.2. The largest absolute Gasteiger partial charge is 0.383 e. The summed E-state index contributed by atoms with van der Waals surface area (Å²) in [6.45, 7) is 1.49. The van der Waals surface area contributed by atoms with Gasteiger partial charge in [-0.2, -0.15) is 0 Å². The molecule has 0 saturated carbocycles. The van der Waals surface area contributed by atoms with Gasteiger partial charge >= 0.3 is 0 Å². The van der Waals surface area contributed by atoms with Crippen LogP contribution < -0.4 is 0 Å². The summed E-state index contributed by atoms with van der Waals surface area (Å²) in [5, 5.41) is 1.01. The van der Waals surface area contributed by atoms with E-state index in [1.807, 2.05) is 42.6 Å². The predicted molar refractivity (Wildman–Crippen MR) is 85.4 cm³/mol. The Balaban J connectivity index is 1.86. The molecule has 0 aliphatic carbocycles. The standard InChI is InChI=1S/C16H17N3OS/c1-20-11-10-19-15-8-3-2-7-14(15)18-16(19)21-12-13-6-4-5-9-17-13/h2-9H,10-12H2,1H3. The first kappa shape index (κ1) is 14.1. The average molecular weight is 299 g/mol. The van der Waals surface area contributed by atoms with Crippen LogP contribution in [0.25, 0.3) is 11.0 Å². The lowest BCUT2D eigenvalue weighted by atomic mass is 10.3. The SMILES string of the molecule is COCCn1c(SCc2ccccn2)nc2ccccc21. The summed E-state index contributed by atoms with van der Waals surface area (Å²) in [5.41, 5.74) is 3.24. The van der Waals surface area contributed by atoms with Crippen molar-refractivity contribution in [3.8, 4) is 0 Å². The van der Waals surface area contributed by atoms with Gasteiger partial charge in [0, 0.05) is 25.6 Å². The second kappa shape index (κ2) is 6.74. The molecule has 5 heteroatoms. The first-order chi connectivity index (χ1) is 10.4. The predicted octanol–water partition coefficient (Wildman–Crippen LogP) is 3.37.